The smallest absolute Gasteiger partial charge is 0.200 e. The summed E-state index contributed by atoms with van der Waals surface area (Å²) < 4.78 is 65.9. The third-order valence-electron chi connectivity index (χ3n) is 2.47. The van der Waals surface area contributed by atoms with Gasteiger partial charge >= 0.3 is 0 Å². The molecule has 20 heavy (non-hydrogen) atoms. The lowest BCUT2D eigenvalue weighted by Crippen LogP contribution is -2.20. The molecule has 2 N–H and O–H groups in total. The van der Waals surface area contributed by atoms with Crippen LogP contribution < -0.4 is 5.73 Å². The molecule has 2 nitrogen and oxygen atoms in total. The number of amidine groups is 1. The molecule has 2 aromatic rings. The summed E-state index contributed by atoms with van der Waals surface area (Å²) in [5.41, 5.74) is 4.30. The monoisotopic (exact) mass is 286 g/mol. The topological polar surface area (TPSA) is 38.4 Å². The maximum absolute atomic E-state index is 13.5. The van der Waals surface area contributed by atoms with E-state index in [-0.39, 0.29) is 5.69 Å². The number of para-hydroxylation sites is 1. The van der Waals surface area contributed by atoms with Gasteiger partial charge in [-0.2, -0.15) is 0 Å². The van der Waals surface area contributed by atoms with E-state index in [9.17, 15) is 22.0 Å². The molecule has 0 unspecified atom stereocenters. The molecule has 0 fully saturated rings. The second-order valence-electron chi connectivity index (χ2n) is 3.78. The average Bonchev–Trinajstić information content (AvgIpc) is 2.44. The predicted octanol–water partition coefficient (Wildman–Crippen LogP) is 3.42. The Bertz CT molecular complexity index is 654. The number of hydrogen-bond acceptors (Lipinski definition) is 1. The summed E-state index contributed by atoms with van der Waals surface area (Å²) in [5.74, 6) is -11.2. The number of nitrogens with two attached hydrogens (primary N) is 1. The number of halogens is 5. The first-order chi connectivity index (χ1) is 9.43. The minimum atomic E-state index is -2.24. The van der Waals surface area contributed by atoms with E-state index in [1.54, 1.807) is 18.2 Å². The second kappa shape index (κ2) is 5.28. The lowest BCUT2D eigenvalue weighted by Gasteiger charge is -2.07. The van der Waals surface area contributed by atoms with Crippen LogP contribution in [-0.2, 0) is 0 Å². The highest BCUT2D eigenvalue weighted by molar-refractivity contribution is 5.99. The minimum absolute atomic E-state index is 0.217. The standard InChI is InChI=1S/C13H7F5N2/c14-8-7(9(15)11(17)12(18)10(8)16)13(19)20-6-4-2-1-3-5-6/h1-5H,(H2,19,20). The molecule has 0 amide bonds. The van der Waals surface area contributed by atoms with Crippen molar-refractivity contribution in [3.63, 3.8) is 0 Å². The summed E-state index contributed by atoms with van der Waals surface area (Å²) in [4.78, 5) is 3.62. The number of aliphatic imine (C=N–C) groups is 1. The van der Waals surface area contributed by atoms with Crippen molar-refractivity contribution in [2.75, 3.05) is 0 Å². The number of nitrogens with zero attached hydrogens (tertiary/aromatic N) is 1. The first-order valence-corrected chi connectivity index (χ1v) is 5.34. The van der Waals surface area contributed by atoms with Gasteiger partial charge in [0.05, 0.1) is 11.3 Å². The maximum atomic E-state index is 13.5. The number of rotatable bonds is 2. The summed E-state index contributed by atoms with van der Waals surface area (Å²) in [6.07, 6.45) is 0. The zero-order chi connectivity index (χ0) is 14.9. The SMILES string of the molecule is NC(=Nc1ccccc1)c1c(F)c(F)c(F)c(F)c1F. The number of hydrogen-bond donors (Lipinski definition) is 1. The van der Waals surface area contributed by atoms with Crippen molar-refractivity contribution < 1.29 is 22.0 Å². The molecule has 0 aromatic heterocycles. The van der Waals surface area contributed by atoms with Crippen LogP contribution in [0.25, 0.3) is 0 Å². The normalized spacial score (nSPS) is 11.8. The average molecular weight is 286 g/mol. The van der Waals surface area contributed by atoms with E-state index in [0.717, 1.165) is 0 Å². The van der Waals surface area contributed by atoms with E-state index >= 15 is 0 Å². The Hall–Kier alpha value is -2.44. The van der Waals surface area contributed by atoms with Gasteiger partial charge in [0.1, 0.15) is 5.84 Å². The molecule has 0 aliphatic carbocycles. The number of benzene rings is 2. The quantitative estimate of drug-likeness (QED) is 0.297. The first kappa shape index (κ1) is 14.0. The van der Waals surface area contributed by atoms with Crippen molar-refractivity contribution in [1.82, 2.24) is 0 Å². The Kier molecular flexibility index (Phi) is 3.69. The third kappa shape index (κ3) is 2.34. The van der Waals surface area contributed by atoms with Crippen LogP contribution in [0.1, 0.15) is 5.56 Å². The molecule has 104 valence electrons. The predicted molar refractivity (Wildman–Crippen MR) is 63.1 cm³/mol. The van der Waals surface area contributed by atoms with Gasteiger partial charge in [-0.3, -0.25) is 0 Å². The Balaban J connectivity index is 2.62. The molecule has 0 bridgehead atoms. The third-order valence-corrected chi connectivity index (χ3v) is 2.47. The van der Waals surface area contributed by atoms with Gasteiger partial charge in [-0.05, 0) is 12.1 Å². The van der Waals surface area contributed by atoms with Gasteiger partial charge in [-0.25, -0.2) is 26.9 Å². The summed E-state index contributed by atoms with van der Waals surface area (Å²) >= 11 is 0. The summed E-state index contributed by atoms with van der Waals surface area (Å²) in [6, 6.07) is 7.72. The molecular formula is C13H7F5N2. The van der Waals surface area contributed by atoms with Crippen molar-refractivity contribution in [3.8, 4) is 0 Å². The van der Waals surface area contributed by atoms with E-state index in [0.29, 0.717) is 0 Å². The maximum Gasteiger partial charge on any atom is 0.200 e. The largest absolute Gasteiger partial charge is 0.383 e. The van der Waals surface area contributed by atoms with Crippen molar-refractivity contribution in [2.45, 2.75) is 0 Å². The lowest BCUT2D eigenvalue weighted by molar-refractivity contribution is 0.377. The Labute approximate surface area is 110 Å². The van der Waals surface area contributed by atoms with Gasteiger partial charge in [0.15, 0.2) is 23.3 Å². The molecule has 2 rings (SSSR count). The fourth-order valence-electron chi connectivity index (χ4n) is 1.53. The Morgan fingerprint density at radius 1 is 0.750 bits per heavy atom. The zero-order valence-electron chi connectivity index (χ0n) is 9.80. The molecule has 0 heterocycles. The van der Waals surface area contributed by atoms with Gasteiger partial charge in [0.25, 0.3) is 0 Å². The van der Waals surface area contributed by atoms with Gasteiger partial charge < -0.3 is 5.73 Å². The van der Waals surface area contributed by atoms with Crippen molar-refractivity contribution in [1.29, 1.82) is 0 Å². The molecule has 7 heteroatoms. The van der Waals surface area contributed by atoms with E-state index in [2.05, 4.69) is 4.99 Å². The second-order valence-corrected chi connectivity index (χ2v) is 3.78. The van der Waals surface area contributed by atoms with Crippen molar-refractivity contribution in [3.05, 3.63) is 65.0 Å². The van der Waals surface area contributed by atoms with Crippen LogP contribution in [0.15, 0.2) is 35.3 Å². The van der Waals surface area contributed by atoms with Crippen LogP contribution in [0.5, 0.6) is 0 Å². The van der Waals surface area contributed by atoms with Crippen LogP contribution in [0.3, 0.4) is 0 Å². The fraction of sp³-hybridized carbons (Fsp3) is 0. The van der Waals surface area contributed by atoms with Crippen molar-refractivity contribution >= 4 is 11.5 Å². The summed E-state index contributed by atoms with van der Waals surface area (Å²) in [7, 11) is 0. The zero-order valence-corrected chi connectivity index (χ0v) is 9.80. The van der Waals surface area contributed by atoms with Crippen LogP contribution in [0.2, 0.25) is 0 Å². The summed E-state index contributed by atoms with van der Waals surface area (Å²) in [6.45, 7) is 0. The van der Waals surface area contributed by atoms with E-state index < -0.39 is 40.5 Å². The van der Waals surface area contributed by atoms with E-state index in [1.807, 2.05) is 0 Å². The molecule has 2 aromatic carbocycles. The highest BCUT2D eigenvalue weighted by Gasteiger charge is 2.27. The molecule has 0 saturated heterocycles. The highest BCUT2D eigenvalue weighted by atomic mass is 19.2. The molecule has 0 spiro atoms. The van der Waals surface area contributed by atoms with Gasteiger partial charge in [-0.1, -0.05) is 18.2 Å². The Morgan fingerprint density at radius 2 is 1.20 bits per heavy atom. The van der Waals surface area contributed by atoms with E-state index in [1.165, 1.54) is 12.1 Å². The highest BCUT2D eigenvalue weighted by Crippen LogP contribution is 2.23. The molecule has 0 radical (unpaired) electrons. The summed E-state index contributed by atoms with van der Waals surface area (Å²) in [5, 5.41) is 0. The minimum Gasteiger partial charge on any atom is -0.383 e. The fourth-order valence-corrected chi connectivity index (χ4v) is 1.53. The molecule has 0 aliphatic heterocycles. The Morgan fingerprint density at radius 3 is 1.70 bits per heavy atom. The van der Waals surface area contributed by atoms with Gasteiger partial charge in [0.2, 0.25) is 5.82 Å². The molecule has 0 saturated carbocycles. The van der Waals surface area contributed by atoms with Crippen LogP contribution in [0, 0.1) is 29.1 Å². The van der Waals surface area contributed by atoms with Crippen molar-refractivity contribution in [2.24, 2.45) is 10.7 Å². The molecule has 0 aliphatic rings. The lowest BCUT2D eigenvalue weighted by atomic mass is 10.1. The molecular weight excluding hydrogens is 279 g/mol. The van der Waals surface area contributed by atoms with Gasteiger partial charge in [0, 0.05) is 0 Å². The molecule has 0 atom stereocenters. The van der Waals surface area contributed by atoms with Crippen LogP contribution >= 0.6 is 0 Å². The van der Waals surface area contributed by atoms with Crippen LogP contribution in [0.4, 0.5) is 27.6 Å². The van der Waals surface area contributed by atoms with E-state index in [4.69, 9.17) is 5.73 Å². The van der Waals surface area contributed by atoms with Gasteiger partial charge in [-0.15, -0.1) is 0 Å². The van der Waals surface area contributed by atoms with Crippen LogP contribution in [-0.4, -0.2) is 5.84 Å². The first-order valence-electron chi connectivity index (χ1n) is 5.34.